The average Bonchev–Trinajstić information content (AvgIpc) is 2.25. The van der Waals surface area contributed by atoms with E-state index in [2.05, 4.69) is 0 Å². The summed E-state index contributed by atoms with van der Waals surface area (Å²) in [5.41, 5.74) is 0. The molecule has 0 saturated carbocycles. The zero-order valence-corrected chi connectivity index (χ0v) is 13.0. The van der Waals surface area contributed by atoms with Gasteiger partial charge >= 0.3 is 64.9 Å². The molecule has 0 aliphatic heterocycles. The van der Waals surface area contributed by atoms with Crippen molar-refractivity contribution in [3.8, 4) is 0 Å². The van der Waals surface area contributed by atoms with Crippen LogP contribution in [0.3, 0.4) is 0 Å². The number of alkyl halides is 8. The zero-order valence-electron chi connectivity index (χ0n) is 10.2. The van der Waals surface area contributed by atoms with E-state index in [1.807, 2.05) is 4.74 Å². The average molecular weight is 400 g/mol. The van der Waals surface area contributed by atoms with Crippen LogP contribution in [-0.2, 0) is 14.9 Å². The van der Waals surface area contributed by atoms with Crippen molar-refractivity contribution in [1.29, 1.82) is 0 Å². The Bertz CT molecular complexity index is 567. The molecule has 0 aliphatic carbocycles. The van der Waals surface area contributed by atoms with Gasteiger partial charge in [-0.3, -0.25) is 0 Å². The van der Waals surface area contributed by atoms with Crippen LogP contribution in [0.15, 0.2) is 12.1 Å². The molecular weight excluding hydrogens is 400 g/mol. The third kappa shape index (κ3) is 4.21. The fourth-order valence-corrected chi connectivity index (χ4v) is 1.18. The van der Waals surface area contributed by atoms with E-state index in [0.29, 0.717) is 0 Å². The maximum absolute atomic E-state index is 12.7. The van der Waals surface area contributed by atoms with Crippen molar-refractivity contribution in [1.82, 2.24) is 0 Å². The van der Waals surface area contributed by atoms with Gasteiger partial charge in [-0.25, -0.2) is 8.42 Å². The largest absolute Gasteiger partial charge is 1.00 e. The molecule has 23 heavy (non-hydrogen) atoms. The molecule has 0 bridgehead atoms. The molecule has 0 spiro atoms. The first-order valence-electron chi connectivity index (χ1n) is 4.19. The first-order chi connectivity index (χ1) is 9.33. The minimum absolute atomic E-state index is 0. The smallest absolute Gasteiger partial charge is 0.743 e. The molecule has 0 rings (SSSR count). The molecule has 0 amide bonds. The van der Waals surface area contributed by atoms with Gasteiger partial charge in [0, 0.05) is 0 Å². The monoisotopic (exact) mass is 400 g/mol. The molecule has 132 valence electrons. The molecule has 4 nitrogen and oxygen atoms in total. The summed E-state index contributed by atoms with van der Waals surface area (Å²) >= 11 is 0. The minimum atomic E-state index is -7.64. The molecule has 0 aromatic heterocycles. The second-order valence-corrected chi connectivity index (χ2v) is 4.69. The summed E-state index contributed by atoms with van der Waals surface area (Å²) < 4.78 is 167. The molecular formula is C6F11NaO4S. The molecule has 17 heteroatoms. The van der Waals surface area contributed by atoms with E-state index in [-0.39, 0.29) is 29.6 Å². The van der Waals surface area contributed by atoms with Gasteiger partial charge in [-0.1, -0.05) is 0 Å². The van der Waals surface area contributed by atoms with Crippen LogP contribution in [0.4, 0.5) is 48.3 Å². The third-order valence-electron chi connectivity index (χ3n) is 1.81. The SMILES string of the molecule is O=S(=O)([O-])C(F)(F)C(F)(F)C(F)(F)C(F)(F)OC(F)=C(F)F.[Na+]. The van der Waals surface area contributed by atoms with Crippen LogP contribution < -0.4 is 29.6 Å². The van der Waals surface area contributed by atoms with Gasteiger partial charge in [0.05, 0.1) is 0 Å². The first kappa shape index (κ1) is 24.9. The zero-order chi connectivity index (χ0) is 18.4. The van der Waals surface area contributed by atoms with E-state index >= 15 is 0 Å². The molecule has 0 aromatic rings. The molecule has 0 N–H and O–H groups in total. The normalized spacial score (nSPS) is 14.1. The summed E-state index contributed by atoms with van der Waals surface area (Å²) in [4.78, 5) is 0. The van der Waals surface area contributed by atoms with Crippen LogP contribution in [0, 0.1) is 0 Å². The van der Waals surface area contributed by atoms with Gasteiger partial charge in [0.1, 0.15) is 0 Å². The predicted octanol–water partition coefficient (Wildman–Crippen LogP) is 0.0435. The number of hydrogen-bond acceptors (Lipinski definition) is 4. The number of hydrogen-bond donors (Lipinski definition) is 0. The quantitative estimate of drug-likeness (QED) is 0.274. The van der Waals surface area contributed by atoms with Crippen LogP contribution in [0.1, 0.15) is 0 Å². The Balaban J connectivity index is 0. The van der Waals surface area contributed by atoms with Crippen molar-refractivity contribution < 1.29 is 95.6 Å². The maximum atomic E-state index is 12.7. The standard InChI is InChI=1S/C6HF11O4S.Na/c7-1(8)2(9)21-5(14,15)3(10,11)4(12,13)6(16,17)22(18,19)20;/h(H,18,19,20);/q;+1/p-1. The Morgan fingerprint density at radius 3 is 1.43 bits per heavy atom. The first-order valence-corrected chi connectivity index (χ1v) is 5.60. The summed E-state index contributed by atoms with van der Waals surface area (Å²) in [5.74, 6) is -15.2. The van der Waals surface area contributed by atoms with Gasteiger partial charge in [0.25, 0.3) is 0 Å². The van der Waals surface area contributed by atoms with Gasteiger partial charge < -0.3 is 9.29 Å². The summed E-state index contributed by atoms with van der Waals surface area (Å²) in [5, 5.41) is -7.30. The van der Waals surface area contributed by atoms with Crippen molar-refractivity contribution >= 4 is 10.1 Å². The van der Waals surface area contributed by atoms with Crippen molar-refractivity contribution in [2.45, 2.75) is 23.2 Å². The predicted molar refractivity (Wildman–Crippen MR) is 40.9 cm³/mol. The Morgan fingerprint density at radius 1 is 0.826 bits per heavy atom. The number of ether oxygens (including phenoxy) is 1. The Kier molecular flexibility index (Phi) is 7.47. The second kappa shape index (κ2) is 6.89. The van der Waals surface area contributed by atoms with E-state index in [1.165, 1.54) is 0 Å². The topological polar surface area (TPSA) is 66.4 Å². The van der Waals surface area contributed by atoms with Crippen molar-refractivity contribution in [3.63, 3.8) is 0 Å². The van der Waals surface area contributed by atoms with E-state index in [4.69, 9.17) is 0 Å². The van der Waals surface area contributed by atoms with Crippen molar-refractivity contribution in [3.05, 3.63) is 12.1 Å². The third-order valence-corrected chi connectivity index (χ3v) is 2.69. The fraction of sp³-hybridized carbons (Fsp3) is 0.667. The Morgan fingerprint density at radius 2 is 1.17 bits per heavy atom. The van der Waals surface area contributed by atoms with E-state index in [0.717, 1.165) is 0 Å². The van der Waals surface area contributed by atoms with Crippen LogP contribution in [0.5, 0.6) is 0 Å². The van der Waals surface area contributed by atoms with Crippen molar-refractivity contribution in [2.75, 3.05) is 0 Å². The molecule has 0 unspecified atom stereocenters. The molecule has 0 heterocycles. The molecule has 0 saturated heterocycles. The van der Waals surface area contributed by atoms with Crippen molar-refractivity contribution in [2.24, 2.45) is 0 Å². The molecule has 0 fully saturated rings. The van der Waals surface area contributed by atoms with Crippen LogP contribution >= 0.6 is 0 Å². The molecule has 0 aliphatic rings. The number of halogens is 11. The summed E-state index contributed by atoms with van der Waals surface area (Å²) in [6, 6.07) is -3.83. The van der Waals surface area contributed by atoms with E-state index < -0.39 is 45.4 Å². The number of rotatable bonds is 6. The molecule has 0 aromatic carbocycles. The molecule has 0 radical (unpaired) electrons. The second-order valence-electron chi connectivity index (χ2n) is 3.27. The van der Waals surface area contributed by atoms with Crippen LogP contribution in [0.2, 0.25) is 0 Å². The maximum Gasteiger partial charge on any atom is 1.00 e. The Labute approximate surface area is 141 Å². The van der Waals surface area contributed by atoms with Gasteiger partial charge in [-0.15, -0.1) is 0 Å². The van der Waals surface area contributed by atoms with Gasteiger partial charge in [0.15, 0.2) is 10.1 Å². The van der Waals surface area contributed by atoms with E-state index in [9.17, 15) is 61.3 Å². The van der Waals surface area contributed by atoms with Crippen LogP contribution in [0.25, 0.3) is 0 Å². The van der Waals surface area contributed by atoms with Crippen LogP contribution in [-0.4, -0.2) is 36.2 Å². The molecule has 0 atom stereocenters. The fourth-order valence-electron chi connectivity index (χ4n) is 0.738. The van der Waals surface area contributed by atoms with Gasteiger partial charge in [0.2, 0.25) is 0 Å². The van der Waals surface area contributed by atoms with E-state index in [1.54, 1.807) is 0 Å². The van der Waals surface area contributed by atoms with Gasteiger partial charge in [-0.2, -0.15) is 48.3 Å². The summed E-state index contributed by atoms with van der Waals surface area (Å²) in [6.45, 7) is 0. The minimum Gasteiger partial charge on any atom is -0.743 e. The summed E-state index contributed by atoms with van der Waals surface area (Å²) in [7, 11) is -7.60. The van der Waals surface area contributed by atoms with Gasteiger partial charge in [-0.05, 0) is 0 Å². The summed E-state index contributed by atoms with van der Waals surface area (Å²) in [6.07, 6.45) is -10.9. The Hall–Kier alpha value is -0.320.